The maximum absolute atomic E-state index is 12.9. The first-order chi connectivity index (χ1) is 36.2. The lowest BCUT2D eigenvalue weighted by molar-refractivity contribution is -0.161. The second-order valence-corrected chi connectivity index (χ2v) is 19.4. The topological polar surface area (TPSA) is 155 Å². The molecule has 11 nitrogen and oxygen atoms in total. The first-order valence-corrected chi connectivity index (χ1v) is 29.6. The molecule has 12 heteroatoms. The predicted molar refractivity (Wildman–Crippen MR) is 306 cm³/mol. The third kappa shape index (κ3) is 52.5. The number of unbranched alkanes of at least 4 members (excludes halogenated alkanes) is 11. The Balaban J connectivity index is 4.89. The van der Waals surface area contributed by atoms with Crippen molar-refractivity contribution in [3.8, 4) is 0 Å². The number of carbonyl (C=O) groups is 3. The van der Waals surface area contributed by atoms with Gasteiger partial charge in [-0.25, -0.2) is 4.57 Å². The molecule has 0 rings (SSSR count). The van der Waals surface area contributed by atoms with Crippen LogP contribution in [-0.2, 0) is 42.2 Å². The minimum absolute atomic E-state index is 0.0450. The van der Waals surface area contributed by atoms with E-state index in [0.29, 0.717) is 19.3 Å². The van der Waals surface area contributed by atoms with E-state index in [9.17, 15) is 28.9 Å². The molecule has 3 atom stereocenters. The van der Waals surface area contributed by atoms with Gasteiger partial charge in [0.1, 0.15) is 12.7 Å². The Morgan fingerprint density at radius 2 is 0.730 bits per heavy atom. The van der Waals surface area contributed by atoms with Gasteiger partial charge in [-0.3, -0.25) is 23.4 Å². The van der Waals surface area contributed by atoms with Crippen LogP contribution in [0.5, 0.6) is 0 Å². The van der Waals surface area contributed by atoms with Gasteiger partial charge in [-0.05, 0) is 122 Å². The zero-order chi connectivity index (χ0) is 54.1. The van der Waals surface area contributed by atoms with E-state index in [4.69, 9.17) is 23.3 Å². The van der Waals surface area contributed by atoms with Crippen LogP contribution in [0.3, 0.4) is 0 Å². The van der Waals surface area contributed by atoms with E-state index in [-0.39, 0.29) is 25.9 Å². The van der Waals surface area contributed by atoms with Crippen molar-refractivity contribution in [2.75, 3.05) is 26.4 Å². The molecule has 0 bridgehead atoms. The zero-order valence-corrected chi connectivity index (χ0v) is 46.9. The third-order valence-corrected chi connectivity index (χ3v) is 12.0. The average Bonchev–Trinajstić information content (AvgIpc) is 3.39. The summed E-state index contributed by atoms with van der Waals surface area (Å²) in [4.78, 5) is 48.4. The zero-order valence-electron chi connectivity index (χ0n) is 46.0. The van der Waals surface area contributed by atoms with E-state index >= 15 is 0 Å². The van der Waals surface area contributed by atoms with Crippen LogP contribution in [0.2, 0.25) is 0 Å². The Bertz CT molecular complexity index is 1750. The largest absolute Gasteiger partial charge is 0.472 e. The monoisotopic (exact) mass is 1050 g/mol. The molecule has 0 aliphatic heterocycles. The Labute approximate surface area is 449 Å². The first-order valence-electron chi connectivity index (χ1n) is 28.1. The second kappa shape index (κ2) is 54.9. The van der Waals surface area contributed by atoms with E-state index in [2.05, 4.69) is 136 Å². The van der Waals surface area contributed by atoms with Crippen molar-refractivity contribution in [3.05, 3.63) is 134 Å². The molecule has 0 aliphatic rings. The molecule has 0 fully saturated rings. The highest BCUT2D eigenvalue weighted by molar-refractivity contribution is 7.47. The molecule has 0 aromatic rings. The number of esters is 3. The van der Waals surface area contributed by atoms with Crippen molar-refractivity contribution in [3.63, 3.8) is 0 Å². The van der Waals surface area contributed by atoms with Gasteiger partial charge in [0.25, 0.3) is 0 Å². The number of hydrogen-bond acceptors (Lipinski definition) is 10. The number of aliphatic hydroxyl groups excluding tert-OH is 1. The number of rotatable bonds is 50. The molecule has 0 spiro atoms. The number of phosphoric acid groups is 1. The molecule has 0 amide bonds. The fourth-order valence-electron chi connectivity index (χ4n) is 6.84. The van der Waals surface area contributed by atoms with Crippen molar-refractivity contribution in [1.82, 2.24) is 0 Å². The standard InChI is InChI=1S/C62H99O11P/c1-4-7-10-13-16-19-22-25-27-28-29-30-32-35-38-41-44-47-50-53-62(66)73-59(55-69-60(64)51-48-45-42-39-36-34-31-26-23-20-17-14-11-8-5-2)57-71-74(67,68)70-56-58(54-63)72-61(65)52-49-46-43-40-37-33-24-21-18-15-12-9-6-3/h8-9,11-12,16-21,25-27,29-31,33,36-37,39,43,46,58-59,63H,4-7,10,13-15,22-24,28,32,34-35,38,40-42,44-45,47-57H2,1-3H3,(H,67,68)/b11-8-,12-9-,19-16-,20-17-,21-18-,27-25-,30-29-,31-26-,37-33-,39-36-,46-43-. The lowest BCUT2D eigenvalue weighted by Crippen LogP contribution is -2.30. The van der Waals surface area contributed by atoms with Gasteiger partial charge in [-0.2, -0.15) is 0 Å². The molecule has 0 aliphatic carbocycles. The van der Waals surface area contributed by atoms with Crippen LogP contribution < -0.4 is 0 Å². The van der Waals surface area contributed by atoms with Gasteiger partial charge in [0, 0.05) is 19.3 Å². The van der Waals surface area contributed by atoms with Crippen LogP contribution in [0, 0.1) is 0 Å². The summed E-state index contributed by atoms with van der Waals surface area (Å²) >= 11 is 0. The van der Waals surface area contributed by atoms with Crippen LogP contribution in [0.1, 0.15) is 201 Å². The maximum atomic E-state index is 12.9. The SMILES string of the molecule is CC/C=C\C/C=C\C/C=C\C/C=C\CCCCC(=O)OCC(COP(=O)(O)OCC(CO)OC(=O)CC/C=C\C/C=C\C/C=C\C/C=C\CC)OC(=O)CCCCCCCC/C=C\C/C=C\C/C=C\CCCCC. The molecule has 0 saturated carbocycles. The summed E-state index contributed by atoms with van der Waals surface area (Å²) in [5.74, 6) is -1.63. The number of hydrogen-bond donors (Lipinski definition) is 2. The molecule has 0 aromatic heterocycles. The first kappa shape index (κ1) is 69.6. The van der Waals surface area contributed by atoms with Crippen LogP contribution >= 0.6 is 7.82 Å². The van der Waals surface area contributed by atoms with Crippen LogP contribution in [0.25, 0.3) is 0 Å². The summed E-state index contributed by atoms with van der Waals surface area (Å²) in [5.41, 5.74) is 0. The van der Waals surface area contributed by atoms with Crippen LogP contribution in [0.15, 0.2) is 134 Å². The second-order valence-electron chi connectivity index (χ2n) is 18.0. The lowest BCUT2D eigenvalue weighted by Gasteiger charge is -2.21. The summed E-state index contributed by atoms with van der Waals surface area (Å²) < 4.78 is 39.3. The highest BCUT2D eigenvalue weighted by atomic mass is 31.2. The average molecular weight is 1050 g/mol. The number of aliphatic hydroxyl groups is 1. The fourth-order valence-corrected chi connectivity index (χ4v) is 7.62. The van der Waals surface area contributed by atoms with E-state index < -0.39 is 57.8 Å². The number of allylic oxidation sites excluding steroid dienone is 22. The summed E-state index contributed by atoms with van der Waals surface area (Å²) in [7, 11) is -4.79. The Kier molecular flexibility index (Phi) is 51.6. The van der Waals surface area contributed by atoms with Crippen molar-refractivity contribution in [1.29, 1.82) is 0 Å². The highest BCUT2D eigenvalue weighted by Crippen LogP contribution is 2.43. The van der Waals surface area contributed by atoms with E-state index in [1.165, 1.54) is 25.7 Å². The number of ether oxygens (including phenoxy) is 3. The van der Waals surface area contributed by atoms with Gasteiger partial charge in [-0.15, -0.1) is 0 Å². The molecule has 0 saturated heterocycles. The van der Waals surface area contributed by atoms with Gasteiger partial charge in [0.05, 0.1) is 19.8 Å². The minimum atomic E-state index is -4.79. The van der Waals surface area contributed by atoms with Crippen LogP contribution in [-0.4, -0.2) is 66.5 Å². The molecular formula is C62H99O11P. The molecule has 418 valence electrons. The third-order valence-electron chi connectivity index (χ3n) is 11.1. The molecule has 0 heterocycles. The Morgan fingerprint density at radius 3 is 1.19 bits per heavy atom. The van der Waals surface area contributed by atoms with Gasteiger partial charge < -0.3 is 24.2 Å². The Hall–Kier alpha value is -4.38. The maximum Gasteiger partial charge on any atom is 0.472 e. The number of carbonyl (C=O) groups excluding carboxylic acids is 3. The summed E-state index contributed by atoms with van der Waals surface area (Å²) in [5, 5.41) is 9.78. The van der Waals surface area contributed by atoms with Crippen molar-refractivity contribution < 1.29 is 52.2 Å². The molecule has 3 unspecified atom stereocenters. The summed E-state index contributed by atoms with van der Waals surface area (Å²) in [6.07, 6.45) is 68.6. The predicted octanol–water partition coefficient (Wildman–Crippen LogP) is 16.6. The van der Waals surface area contributed by atoms with Crippen molar-refractivity contribution >= 4 is 25.7 Å². The quantitative estimate of drug-likeness (QED) is 0.0197. The van der Waals surface area contributed by atoms with E-state index in [1.807, 2.05) is 18.2 Å². The van der Waals surface area contributed by atoms with Crippen molar-refractivity contribution in [2.45, 2.75) is 213 Å². The minimum Gasteiger partial charge on any atom is -0.462 e. The molecule has 0 aromatic carbocycles. The van der Waals surface area contributed by atoms with Gasteiger partial charge in [-0.1, -0.05) is 193 Å². The lowest BCUT2D eigenvalue weighted by atomic mass is 10.1. The van der Waals surface area contributed by atoms with Gasteiger partial charge >= 0.3 is 25.7 Å². The molecule has 74 heavy (non-hydrogen) atoms. The Morgan fingerprint density at radius 1 is 0.392 bits per heavy atom. The molecule has 2 N–H and O–H groups in total. The fraction of sp³-hybridized carbons (Fsp3) is 0.597. The molecule has 0 radical (unpaired) electrons. The number of phosphoric ester groups is 1. The smallest absolute Gasteiger partial charge is 0.462 e. The van der Waals surface area contributed by atoms with Gasteiger partial charge in [0.15, 0.2) is 6.10 Å². The highest BCUT2D eigenvalue weighted by Gasteiger charge is 2.28. The molecular weight excluding hydrogens is 952 g/mol. The van der Waals surface area contributed by atoms with E-state index in [1.54, 1.807) is 0 Å². The van der Waals surface area contributed by atoms with E-state index in [0.717, 1.165) is 116 Å². The summed E-state index contributed by atoms with van der Waals surface area (Å²) in [6.45, 7) is 4.21. The summed E-state index contributed by atoms with van der Waals surface area (Å²) in [6, 6.07) is 0. The van der Waals surface area contributed by atoms with Gasteiger partial charge in [0.2, 0.25) is 0 Å². The normalized spacial score (nSPS) is 14.4. The van der Waals surface area contributed by atoms with Crippen molar-refractivity contribution in [2.24, 2.45) is 0 Å². The van der Waals surface area contributed by atoms with Crippen LogP contribution in [0.4, 0.5) is 0 Å².